The van der Waals surface area contributed by atoms with Crippen LogP contribution in [0.15, 0.2) is 0 Å². The Balaban J connectivity index is 2.54. The van der Waals surface area contributed by atoms with Gasteiger partial charge in [0.2, 0.25) is 0 Å². The first-order valence-electron chi connectivity index (χ1n) is 1.47. The van der Waals surface area contributed by atoms with Crippen LogP contribution in [0.3, 0.4) is 0 Å². The van der Waals surface area contributed by atoms with Crippen molar-refractivity contribution in [2.24, 2.45) is 0 Å². The van der Waals surface area contributed by atoms with E-state index in [1.807, 2.05) is 29.5 Å². The Morgan fingerprint density at radius 3 is 2.20 bits per heavy atom. The zero-order valence-corrected chi connectivity index (χ0v) is 5.20. The van der Waals surface area contributed by atoms with Crippen LogP contribution in [0, 0.1) is 0 Å². The van der Waals surface area contributed by atoms with Gasteiger partial charge in [0, 0.05) is 3.92 Å². The lowest BCUT2D eigenvalue weighted by atomic mass is 10.6. The summed E-state index contributed by atoms with van der Waals surface area (Å²) in [5.41, 5.74) is 0. The van der Waals surface area contributed by atoms with Crippen molar-refractivity contribution in [2.45, 2.75) is 10.8 Å². The van der Waals surface area contributed by atoms with Crippen LogP contribution in [0.25, 0.3) is 0 Å². The fraction of sp³-hybridized carbons (Fsp3) is 1.00. The van der Waals surface area contributed by atoms with Crippen molar-refractivity contribution in [3.8, 4) is 0 Å². The highest BCUT2D eigenvalue weighted by molar-refractivity contribution is 14.1. The van der Waals surface area contributed by atoms with E-state index in [0.29, 0.717) is 0 Å². The smallest absolute Gasteiger partial charge is 0.101 e. The molecule has 5 heavy (non-hydrogen) atoms. The molecule has 0 bridgehead atoms. The summed E-state index contributed by atoms with van der Waals surface area (Å²) in [5, 5.41) is 0. The highest BCUT2D eigenvalue weighted by Crippen LogP contribution is 1.95. The minimum Gasteiger partial charge on any atom is -0.250 e. The third kappa shape index (κ3) is 4.66. The molecule has 0 unspecified atom stereocenters. The molecule has 0 saturated carbocycles. The maximum atomic E-state index is 11.1. The predicted octanol–water partition coefficient (Wildman–Crippen LogP) is 1.78. The predicted molar refractivity (Wildman–Crippen MR) is 29.5 cm³/mol. The van der Waals surface area contributed by atoms with Crippen molar-refractivity contribution in [3.05, 3.63) is 0 Å². The molecule has 32 valence electrons. The van der Waals surface area contributed by atoms with Gasteiger partial charge < -0.3 is 0 Å². The van der Waals surface area contributed by atoms with Crippen molar-refractivity contribution >= 4 is 22.6 Å². The minimum absolute atomic E-state index is 0.188. The van der Waals surface area contributed by atoms with Gasteiger partial charge in [-0.25, -0.2) is 4.39 Å². The molecule has 1 atom stereocenters. The Hall–Kier alpha value is 0.660. The maximum absolute atomic E-state index is 11.1. The van der Waals surface area contributed by atoms with Gasteiger partial charge in [-0.2, -0.15) is 0 Å². The Bertz CT molecular complexity index is 20.9. The Morgan fingerprint density at radius 1 is 2.00 bits per heavy atom. The molecular formula is C3H6FI. The van der Waals surface area contributed by atoms with Gasteiger partial charge in [-0.15, -0.1) is 0 Å². The summed E-state index contributed by atoms with van der Waals surface area (Å²) < 4.78 is 11.3. The molecule has 0 N–H and O–H groups in total. The fourth-order valence-electron chi connectivity index (χ4n) is 0. The van der Waals surface area contributed by atoms with Crippen molar-refractivity contribution in [2.75, 3.05) is 6.67 Å². The quantitative estimate of drug-likeness (QED) is 0.434. The van der Waals surface area contributed by atoms with E-state index in [0.717, 1.165) is 0 Å². The topological polar surface area (TPSA) is 0 Å². The molecule has 0 amide bonds. The first-order chi connectivity index (χ1) is 2.27. The second-order valence-corrected chi connectivity index (χ2v) is 3.06. The molecular weight excluding hydrogens is 182 g/mol. The lowest BCUT2D eigenvalue weighted by Crippen LogP contribution is -1.87. The van der Waals surface area contributed by atoms with E-state index >= 15 is 0 Å². The third-order valence-corrected chi connectivity index (χ3v) is 0.546. The molecule has 0 radical (unpaired) electrons. The van der Waals surface area contributed by atoms with Crippen LogP contribution in [-0.2, 0) is 0 Å². The van der Waals surface area contributed by atoms with Crippen LogP contribution in [0.2, 0.25) is 0 Å². The normalized spacial score (nSPS) is 15.0. The Kier molecular flexibility index (Phi) is 3.25. The highest BCUT2D eigenvalue weighted by Gasteiger charge is 1.86. The van der Waals surface area contributed by atoms with E-state index in [2.05, 4.69) is 0 Å². The second-order valence-electron chi connectivity index (χ2n) is 0.935. The number of hydrogen-bond acceptors (Lipinski definition) is 0. The lowest BCUT2D eigenvalue weighted by molar-refractivity contribution is 0.502. The van der Waals surface area contributed by atoms with Crippen LogP contribution in [-0.4, -0.2) is 10.6 Å². The fourth-order valence-corrected chi connectivity index (χ4v) is 0. The van der Waals surface area contributed by atoms with E-state index in [-0.39, 0.29) is 10.6 Å². The van der Waals surface area contributed by atoms with Crippen molar-refractivity contribution in [3.63, 3.8) is 0 Å². The summed E-state index contributed by atoms with van der Waals surface area (Å²) in [4.78, 5) is 0. The standard InChI is InChI=1S/C3H6FI/c1-3(5)2-4/h3H,2H2,1H3/t3-/m1/s1. The number of rotatable bonds is 1. The SMILES string of the molecule is C[C@@H](I)CF. The molecule has 0 spiro atoms. The molecule has 0 aliphatic carbocycles. The number of halogens is 2. The maximum Gasteiger partial charge on any atom is 0.101 e. The van der Waals surface area contributed by atoms with E-state index in [1.165, 1.54) is 0 Å². The largest absolute Gasteiger partial charge is 0.250 e. The number of hydrogen-bond donors (Lipinski definition) is 0. The average molecular weight is 188 g/mol. The monoisotopic (exact) mass is 188 g/mol. The van der Waals surface area contributed by atoms with Gasteiger partial charge >= 0.3 is 0 Å². The van der Waals surface area contributed by atoms with Gasteiger partial charge in [-0.3, -0.25) is 0 Å². The van der Waals surface area contributed by atoms with Crippen LogP contribution in [0.1, 0.15) is 6.92 Å². The van der Waals surface area contributed by atoms with Gasteiger partial charge in [-0.1, -0.05) is 29.5 Å². The lowest BCUT2D eigenvalue weighted by Gasteiger charge is -1.84. The van der Waals surface area contributed by atoms with E-state index in [9.17, 15) is 4.39 Å². The van der Waals surface area contributed by atoms with Crippen molar-refractivity contribution in [1.82, 2.24) is 0 Å². The van der Waals surface area contributed by atoms with Crippen molar-refractivity contribution in [1.29, 1.82) is 0 Å². The van der Waals surface area contributed by atoms with Gasteiger partial charge in [0.05, 0.1) is 0 Å². The molecule has 0 aliphatic rings. The first kappa shape index (κ1) is 5.66. The molecule has 0 heterocycles. The molecule has 0 aliphatic heterocycles. The van der Waals surface area contributed by atoms with Crippen LogP contribution < -0.4 is 0 Å². The third-order valence-electron chi connectivity index (χ3n) is 0.213. The van der Waals surface area contributed by atoms with Gasteiger partial charge in [0.1, 0.15) is 6.67 Å². The molecule has 0 saturated heterocycles. The zero-order chi connectivity index (χ0) is 4.28. The summed E-state index contributed by atoms with van der Waals surface area (Å²) in [5.74, 6) is 0. The summed E-state index contributed by atoms with van der Waals surface area (Å²) in [6.07, 6.45) is 0. The van der Waals surface area contributed by atoms with E-state index < -0.39 is 0 Å². The summed E-state index contributed by atoms with van der Waals surface area (Å²) in [7, 11) is 0. The average Bonchev–Trinajstić information content (AvgIpc) is 1.38. The first-order valence-corrected chi connectivity index (χ1v) is 2.72. The second kappa shape index (κ2) is 2.87. The van der Waals surface area contributed by atoms with Gasteiger partial charge in [0.25, 0.3) is 0 Å². The summed E-state index contributed by atoms with van der Waals surface area (Å²) >= 11 is 2.03. The zero-order valence-electron chi connectivity index (χ0n) is 3.04. The van der Waals surface area contributed by atoms with E-state index in [1.54, 1.807) is 0 Å². The molecule has 0 aromatic carbocycles. The van der Waals surface area contributed by atoms with E-state index in [4.69, 9.17) is 0 Å². The van der Waals surface area contributed by atoms with Crippen LogP contribution >= 0.6 is 22.6 Å². The molecule has 0 nitrogen and oxygen atoms in total. The van der Waals surface area contributed by atoms with Crippen molar-refractivity contribution < 1.29 is 4.39 Å². The van der Waals surface area contributed by atoms with Gasteiger partial charge in [-0.05, 0) is 0 Å². The van der Waals surface area contributed by atoms with Crippen LogP contribution in [0.4, 0.5) is 4.39 Å². The molecule has 2 heteroatoms. The molecule has 0 aromatic rings. The number of alkyl halides is 2. The minimum atomic E-state index is -0.208. The van der Waals surface area contributed by atoms with Crippen LogP contribution in [0.5, 0.6) is 0 Å². The molecule has 0 fully saturated rings. The summed E-state index contributed by atoms with van der Waals surface area (Å²) in [6, 6.07) is 0. The molecule has 0 aromatic heterocycles. The molecule has 0 rings (SSSR count). The Morgan fingerprint density at radius 2 is 2.20 bits per heavy atom. The highest BCUT2D eigenvalue weighted by atomic mass is 127. The summed E-state index contributed by atoms with van der Waals surface area (Å²) in [6.45, 7) is 1.63. The Labute approximate surface area is 44.9 Å². The van der Waals surface area contributed by atoms with Gasteiger partial charge in [0.15, 0.2) is 0 Å².